The van der Waals surface area contributed by atoms with Gasteiger partial charge in [-0.05, 0) is 18.8 Å². The summed E-state index contributed by atoms with van der Waals surface area (Å²) >= 11 is 0. The molecule has 2 heteroatoms. The van der Waals surface area contributed by atoms with Crippen LogP contribution in [0.25, 0.3) is 0 Å². The van der Waals surface area contributed by atoms with Crippen molar-refractivity contribution in [3.8, 4) is 0 Å². The van der Waals surface area contributed by atoms with Gasteiger partial charge in [0.15, 0.2) is 0 Å². The molecule has 1 atom stereocenters. The number of nitrogens with two attached hydrogens (primary N) is 1. The summed E-state index contributed by atoms with van der Waals surface area (Å²) in [6.45, 7) is 2.47. The molecule has 1 saturated carbocycles. The first-order valence-corrected chi connectivity index (χ1v) is 4.52. The van der Waals surface area contributed by atoms with Gasteiger partial charge in [-0.1, -0.05) is 13.3 Å². The molecule has 0 aromatic heterocycles. The number of carbonyl (C=O) groups excluding carboxylic acids is 1. The van der Waals surface area contributed by atoms with Crippen LogP contribution >= 0.6 is 0 Å². The normalized spacial score (nSPS) is 20.9. The second kappa shape index (κ2) is 3.86. The number of ketones is 1. The van der Waals surface area contributed by atoms with Gasteiger partial charge in [-0.2, -0.15) is 0 Å². The van der Waals surface area contributed by atoms with Gasteiger partial charge in [0, 0.05) is 18.9 Å². The summed E-state index contributed by atoms with van der Waals surface area (Å²) in [6, 6.07) is 0. The van der Waals surface area contributed by atoms with E-state index in [1.54, 1.807) is 0 Å². The largest absolute Gasteiger partial charge is 0.330 e. The van der Waals surface area contributed by atoms with E-state index in [1.165, 1.54) is 19.3 Å². The van der Waals surface area contributed by atoms with Crippen molar-refractivity contribution >= 4 is 5.78 Å². The lowest BCUT2D eigenvalue weighted by molar-refractivity contribution is -0.124. The van der Waals surface area contributed by atoms with Gasteiger partial charge in [0.2, 0.25) is 0 Å². The molecule has 1 aliphatic carbocycles. The van der Waals surface area contributed by atoms with Crippen molar-refractivity contribution in [3.63, 3.8) is 0 Å². The van der Waals surface area contributed by atoms with Crippen LogP contribution in [0.15, 0.2) is 0 Å². The van der Waals surface area contributed by atoms with E-state index in [0.29, 0.717) is 24.7 Å². The molecule has 0 aliphatic heterocycles. The van der Waals surface area contributed by atoms with E-state index in [1.807, 2.05) is 6.92 Å². The topological polar surface area (TPSA) is 43.1 Å². The molecule has 0 aromatic rings. The lowest BCUT2D eigenvalue weighted by atomic mass is 9.74. The van der Waals surface area contributed by atoms with E-state index in [2.05, 4.69) is 0 Å². The molecule has 64 valence electrons. The Morgan fingerprint density at radius 1 is 1.64 bits per heavy atom. The molecule has 11 heavy (non-hydrogen) atoms. The highest BCUT2D eigenvalue weighted by atomic mass is 16.1. The van der Waals surface area contributed by atoms with E-state index >= 15 is 0 Å². The molecule has 0 bridgehead atoms. The summed E-state index contributed by atoms with van der Waals surface area (Å²) in [7, 11) is 0. The molecule has 0 aromatic carbocycles. The molecule has 0 amide bonds. The van der Waals surface area contributed by atoms with Crippen LogP contribution in [0.5, 0.6) is 0 Å². The van der Waals surface area contributed by atoms with Gasteiger partial charge in [-0.15, -0.1) is 0 Å². The van der Waals surface area contributed by atoms with Crippen molar-refractivity contribution in [1.29, 1.82) is 0 Å². The van der Waals surface area contributed by atoms with Crippen molar-refractivity contribution in [2.75, 3.05) is 6.54 Å². The SMILES string of the molecule is CCC(=O)C(CN)C1CCC1. The van der Waals surface area contributed by atoms with Crippen LogP contribution in [-0.4, -0.2) is 12.3 Å². The summed E-state index contributed by atoms with van der Waals surface area (Å²) in [5, 5.41) is 0. The zero-order valence-corrected chi connectivity index (χ0v) is 7.18. The number of hydrogen-bond acceptors (Lipinski definition) is 2. The number of Topliss-reactive ketones (excluding diaryl/α,β-unsaturated/α-hetero) is 1. The van der Waals surface area contributed by atoms with Gasteiger partial charge in [0.25, 0.3) is 0 Å². The minimum Gasteiger partial charge on any atom is -0.330 e. The van der Waals surface area contributed by atoms with Gasteiger partial charge < -0.3 is 5.73 Å². The maximum Gasteiger partial charge on any atom is 0.137 e. The van der Waals surface area contributed by atoms with Crippen molar-refractivity contribution < 1.29 is 4.79 Å². The van der Waals surface area contributed by atoms with E-state index in [-0.39, 0.29) is 5.92 Å². The first-order chi connectivity index (χ1) is 5.29. The quantitative estimate of drug-likeness (QED) is 0.665. The number of carbonyl (C=O) groups is 1. The number of hydrogen-bond donors (Lipinski definition) is 1. The number of rotatable bonds is 4. The minimum absolute atomic E-state index is 0.175. The van der Waals surface area contributed by atoms with Crippen LogP contribution in [0.3, 0.4) is 0 Å². The molecule has 1 rings (SSSR count). The van der Waals surface area contributed by atoms with E-state index in [0.717, 1.165) is 0 Å². The first kappa shape index (κ1) is 8.72. The molecule has 2 N–H and O–H groups in total. The average molecular weight is 155 g/mol. The maximum absolute atomic E-state index is 11.3. The van der Waals surface area contributed by atoms with Gasteiger partial charge in [-0.3, -0.25) is 4.79 Å². The highest BCUT2D eigenvalue weighted by Crippen LogP contribution is 2.33. The Balaban J connectivity index is 2.40. The van der Waals surface area contributed by atoms with Crippen LogP contribution in [0.1, 0.15) is 32.6 Å². The molecule has 1 unspecified atom stereocenters. The summed E-state index contributed by atoms with van der Waals surface area (Å²) in [6.07, 6.45) is 4.37. The Morgan fingerprint density at radius 2 is 2.27 bits per heavy atom. The summed E-state index contributed by atoms with van der Waals surface area (Å²) < 4.78 is 0. The second-order valence-corrected chi connectivity index (χ2v) is 3.35. The second-order valence-electron chi connectivity index (χ2n) is 3.35. The van der Waals surface area contributed by atoms with Gasteiger partial charge in [0.1, 0.15) is 5.78 Å². The van der Waals surface area contributed by atoms with Crippen molar-refractivity contribution in [2.24, 2.45) is 17.6 Å². The van der Waals surface area contributed by atoms with Crippen LogP contribution in [0.4, 0.5) is 0 Å². The Labute approximate surface area is 68.2 Å². The fourth-order valence-corrected chi connectivity index (χ4v) is 1.69. The third kappa shape index (κ3) is 1.80. The minimum atomic E-state index is 0.175. The molecule has 0 radical (unpaired) electrons. The molecule has 1 aliphatic rings. The lowest BCUT2D eigenvalue weighted by Gasteiger charge is -2.31. The molecular formula is C9H17NO. The zero-order chi connectivity index (χ0) is 8.27. The smallest absolute Gasteiger partial charge is 0.137 e. The van der Waals surface area contributed by atoms with Crippen molar-refractivity contribution in [2.45, 2.75) is 32.6 Å². The Hall–Kier alpha value is -0.370. The molecular weight excluding hydrogens is 138 g/mol. The summed E-state index contributed by atoms with van der Waals surface area (Å²) in [5.74, 6) is 1.15. The van der Waals surface area contributed by atoms with Crippen LogP contribution in [0, 0.1) is 11.8 Å². The third-order valence-electron chi connectivity index (χ3n) is 2.73. The van der Waals surface area contributed by atoms with E-state index < -0.39 is 0 Å². The Kier molecular flexibility index (Phi) is 3.06. The fraction of sp³-hybridized carbons (Fsp3) is 0.889. The standard InChI is InChI=1S/C9H17NO/c1-2-9(11)8(6-10)7-4-3-5-7/h7-8H,2-6,10H2,1H3. The highest BCUT2D eigenvalue weighted by Gasteiger charge is 2.29. The Morgan fingerprint density at radius 3 is 2.55 bits per heavy atom. The van der Waals surface area contributed by atoms with Crippen molar-refractivity contribution in [1.82, 2.24) is 0 Å². The highest BCUT2D eigenvalue weighted by molar-refractivity contribution is 5.81. The molecule has 0 saturated heterocycles. The monoisotopic (exact) mass is 155 g/mol. The average Bonchev–Trinajstić information content (AvgIpc) is 1.94. The third-order valence-corrected chi connectivity index (χ3v) is 2.73. The van der Waals surface area contributed by atoms with Crippen LogP contribution in [-0.2, 0) is 4.79 Å². The summed E-state index contributed by atoms with van der Waals surface area (Å²) in [4.78, 5) is 11.3. The van der Waals surface area contributed by atoms with Crippen LogP contribution < -0.4 is 5.73 Å². The molecule has 2 nitrogen and oxygen atoms in total. The molecule has 1 fully saturated rings. The fourth-order valence-electron chi connectivity index (χ4n) is 1.69. The maximum atomic E-state index is 11.3. The van der Waals surface area contributed by atoms with E-state index in [9.17, 15) is 4.79 Å². The van der Waals surface area contributed by atoms with E-state index in [4.69, 9.17) is 5.73 Å². The van der Waals surface area contributed by atoms with Gasteiger partial charge in [-0.25, -0.2) is 0 Å². The zero-order valence-electron chi connectivity index (χ0n) is 7.18. The first-order valence-electron chi connectivity index (χ1n) is 4.52. The predicted octanol–water partition coefficient (Wildman–Crippen LogP) is 1.34. The van der Waals surface area contributed by atoms with Gasteiger partial charge >= 0.3 is 0 Å². The van der Waals surface area contributed by atoms with Crippen molar-refractivity contribution in [3.05, 3.63) is 0 Å². The predicted molar refractivity (Wildman–Crippen MR) is 45.2 cm³/mol. The molecule has 0 spiro atoms. The Bertz CT molecular complexity index is 140. The van der Waals surface area contributed by atoms with Crippen LogP contribution in [0.2, 0.25) is 0 Å². The summed E-state index contributed by atoms with van der Waals surface area (Å²) in [5.41, 5.74) is 5.54. The van der Waals surface area contributed by atoms with Gasteiger partial charge in [0.05, 0.1) is 0 Å². The molecule has 0 heterocycles. The lowest BCUT2D eigenvalue weighted by Crippen LogP contribution is -2.34.